The van der Waals surface area contributed by atoms with E-state index in [1.54, 1.807) is 31.5 Å². The number of nitrogens with one attached hydrogen (secondary N) is 2. The molecule has 1 fully saturated rings. The number of carbonyl (C=O) groups is 1. The van der Waals surface area contributed by atoms with Crippen molar-refractivity contribution in [3.8, 4) is 23.0 Å². The molecule has 220 valence electrons. The number of methoxy groups -OCH3 is 1. The van der Waals surface area contributed by atoms with E-state index >= 15 is 4.39 Å². The van der Waals surface area contributed by atoms with Crippen LogP contribution in [-0.2, 0) is 0 Å². The first-order valence-electron chi connectivity index (χ1n) is 14.4. The van der Waals surface area contributed by atoms with Crippen LogP contribution in [0.5, 0.6) is 23.0 Å². The Kier molecular flexibility index (Phi) is 9.38. The Bertz CT molecular complexity index is 1520. The van der Waals surface area contributed by atoms with Crippen molar-refractivity contribution < 1.29 is 23.4 Å². The number of fused-ring (bicyclic) bond motifs is 1. The predicted octanol–water partition coefficient (Wildman–Crippen LogP) is 7.81. The lowest BCUT2D eigenvalue weighted by Gasteiger charge is -2.16. The smallest absolute Gasteiger partial charge is 0.323 e. The van der Waals surface area contributed by atoms with E-state index in [-0.39, 0.29) is 5.75 Å². The zero-order valence-electron chi connectivity index (χ0n) is 24.3. The fraction of sp³-hybridized carbons (Fsp3) is 0.333. The van der Waals surface area contributed by atoms with Crippen LogP contribution in [0, 0.1) is 5.82 Å². The molecule has 1 aromatic heterocycles. The Balaban J connectivity index is 1.23. The van der Waals surface area contributed by atoms with Crippen LogP contribution >= 0.6 is 0 Å². The summed E-state index contributed by atoms with van der Waals surface area (Å²) < 4.78 is 32.6. The van der Waals surface area contributed by atoms with Crippen molar-refractivity contribution in [2.45, 2.75) is 39.0 Å². The Morgan fingerprint density at radius 2 is 1.67 bits per heavy atom. The van der Waals surface area contributed by atoms with Gasteiger partial charge in [0.15, 0.2) is 23.1 Å². The number of aromatic nitrogens is 1. The molecule has 1 saturated heterocycles. The Labute approximate surface area is 245 Å². The highest BCUT2D eigenvalue weighted by Gasteiger charge is 2.15. The molecule has 0 bridgehead atoms. The van der Waals surface area contributed by atoms with Crippen molar-refractivity contribution in [2.75, 3.05) is 44.0 Å². The highest BCUT2D eigenvalue weighted by Crippen LogP contribution is 2.38. The van der Waals surface area contributed by atoms with E-state index < -0.39 is 11.8 Å². The number of benzene rings is 3. The number of halogens is 1. The lowest BCUT2D eigenvalue weighted by atomic mass is 10.0. The van der Waals surface area contributed by atoms with Crippen molar-refractivity contribution in [1.29, 1.82) is 0 Å². The minimum Gasteiger partial charge on any atom is -0.493 e. The topological polar surface area (TPSA) is 85.0 Å². The summed E-state index contributed by atoms with van der Waals surface area (Å²) in [4.78, 5) is 19.4. The van der Waals surface area contributed by atoms with Crippen LogP contribution in [0.2, 0.25) is 0 Å². The maximum absolute atomic E-state index is 15.1. The predicted molar refractivity (Wildman–Crippen MR) is 164 cm³/mol. The quantitative estimate of drug-likeness (QED) is 0.178. The second-order valence-electron chi connectivity index (χ2n) is 10.7. The number of likely N-dealkylation sites (tertiary alicyclic amines) is 1. The van der Waals surface area contributed by atoms with Crippen LogP contribution in [0.15, 0.2) is 66.9 Å². The molecule has 42 heavy (non-hydrogen) atoms. The van der Waals surface area contributed by atoms with Crippen molar-refractivity contribution in [1.82, 2.24) is 9.88 Å². The van der Waals surface area contributed by atoms with Gasteiger partial charge >= 0.3 is 6.03 Å². The van der Waals surface area contributed by atoms with Gasteiger partial charge in [-0.15, -0.1) is 0 Å². The third kappa shape index (κ3) is 7.28. The molecule has 1 aliphatic rings. The van der Waals surface area contributed by atoms with Crippen LogP contribution in [0.25, 0.3) is 10.9 Å². The summed E-state index contributed by atoms with van der Waals surface area (Å²) in [5, 5.41) is 6.07. The van der Waals surface area contributed by atoms with Gasteiger partial charge in [-0.25, -0.2) is 9.18 Å². The van der Waals surface area contributed by atoms with Crippen molar-refractivity contribution in [3.05, 3.63) is 78.2 Å². The summed E-state index contributed by atoms with van der Waals surface area (Å²) in [6.07, 6.45) is 5.07. The first-order valence-corrected chi connectivity index (χ1v) is 14.4. The number of urea groups is 1. The molecule has 0 radical (unpaired) electrons. The van der Waals surface area contributed by atoms with Gasteiger partial charge in [-0.3, -0.25) is 4.98 Å². The van der Waals surface area contributed by atoms with Gasteiger partial charge in [-0.05, 0) is 80.2 Å². The number of hydrogen-bond donors (Lipinski definition) is 2. The molecule has 9 heteroatoms. The summed E-state index contributed by atoms with van der Waals surface area (Å²) in [6, 6.07) is 16.7. The number of ether oxygens (including phenoxy) is 3. The second-order valence-corrected chi connectivity index (χ2v) is 10.7. The molecular weight excluding hydrogens is 535 g/mol. The Morgan fingerprint density at radius 3 is 2.38 bits per heavy atom. The largest absolute Gasteiger partial charge is 0.493 e. The molecule has 2 amide bonds. The molecule has 0 spiro atoms. The molecule has 8 nitrogen and oxygen atoms in total. The molecule has 5 rings (SSSR count). The van der Waals surface area contributed by atoms with E-state index in [1.807, 2.05) is 30.3 Å². The van der Waals surface area contributed by atoms with Gasteiger partial charge in [0.1, 0.15) is 5.75 Å². The van der Waals surface area contributed by atoms with E-state index in [9.17, 15) is 4.79 Å². The number of nitrogens with zero attached hydrogens (tertiary/aromatic N) is 2. The Hall–Kier alpha value is -4.37. The van der Waals surface area contributed by atoms with E-state index in [0.29, 0.717) is 52.1 Å². The summed E-state index contributed by atoms with van der Waals surface area (Å²) in [5.41, 5.74) is 2.76. The van der Waals surface area contributed by atoms with Gasteiger partial charge in [0.05, 0.1) is 19.2 Å². The summed E-state index contributed by atoms with van der Waals surface area (Å²) >= 11 is 0. The fourth-order valence-corrected chi connectivity index (χ4v) is 4.99. The van der Waals surface area contributed by atoms with Crippen molar-refractivity contribution in [2.24, 2.45) is 0 Å². The minimum absolute atomic E-state index is 0.0129. The van der Waals surface area contributed by atoms with E-state index in [0.717, 1.165) is 26.1 Å². The van der Waals surface area contributed by atoms with Gasteiger partial charge < -0.3 is 29.7 Å². The second kappa shape index (κ2) is 13.5. The van der Waals surface area contributed by atoms with Crippen molar-refractivity contribution >= 4 is 28.3 Å². The summed E-state index contributed by atoms with van der Waals surface area (Å²) in [6.45, 7) is 8.12. The third-order valence-corrected chi connectivity index (χ3v) is 7.31. The molecule has 0 unspecified atom stereocenters. The number of carbonyl (C=O) groups excluding carboxylic acids is 1. The maximum atomic E-state index is 15.1. The molecule has 2 N–H and O–H groups in total. The lowest BCUT2D eigenvalue weighted by Crippen LogP contribution is -2.21. The summed E-state index contributed by atoms with van der Waals surface area (Å²) in [7, 11) is 1.58. The molecule has 0 saturated carbocycles. The van der Waals surface area contributed by atoms with Crippen LogP contribution in [0.4, 0.5) is 20.6 Å². The van der Waals surface area contributed by atoms with Crippen LogP contribution in [-0.4, -0.2) is 49.3 Å². The number of rotatable bonds is 11. The molecule has 4 aromatic rings. The SMILES string of the molecule is COc1cc2c(Oc3ccc(NC(=O)Nc4ccc(C(C)C)cc4)cc3F)ccnc2cc1OCCCN1CCCC1. The number of hydrogen-bond acceptors (Lipinski definition) is 6. The van der Waals surface area contributed by atoms with E-state index in [1.165, 1.54) is 30.5 Å². The van der Waals surface area contributed by atoms with E-state index in [2.05, 4.69) is 34.4 Å². The van der Waals surface area contributed by atoms with Crippen LogP contribution in [0.1, 0.15) is 44.6 Å². The number of anilines is 2. The third-order valence-electron chi connectivity index (χ3n) is 7.31. The van der Waals surface area contributed by atoms with Crippen molar-refractivity contribution in [3.63, 3.8) is 0 Å². The van der Waals surface area contributed by atoms with Gasteiger partial charge in [0.2, 0.25) is 0 Å². The fourth-order valence-electron chi connectivity index (χ4n) is 4.99. The normalized spacial score (nSPS) is 13.4. The van der Waals surface area contributed by atoms with Crippen LogP contribution < -0.4 is 24.8 Å². The van der Waals surface area contributed by atoms with Gasteiger partial charge in [-0.2, -0.15) is 0 Å². The first-order chi connectivity index (χ1) is 20.4. The molecule has 2 heterocycles. The van der Waals surface area contributed by atoms with Gasteiger partial charge in [0, 0.05) is 41.6 Å². The average Bonchev–Trinajstić information content (AvgIpc) is 3.50. The first kappa shape index (κ1) is 29.1. The lowest BCUT2D eigenvalue weighted by molar-refractivity contribution is 0.254. The minimum atomic E-state index is -0.621. The highest BCUT2D eigenvalue weighted by atomic mass is 19.1. The number of pyridine rings is 1. The van der Waals surface area contributed by atoms with Crippen LogP contribution in [0.3, 0.4) is 0 Å². The van der Waals surface area contributed by atoms with Gasteiger partial charge in [0.25, 0.3) is 0 Å². The zero-order chi connectivity index (χ0) is 29.5. The number of amides is 2. The molecular formula is C33H37FN4O4. The molecule has 1 aliphatic heterocycles. The van der Waals surface area contributed by atoms with E-state index in [4.69, 9.17) is 14.2 Å². The standard InChI is InChI=1S/C33H37FN4O4/c1-22(2)23-7-9-24(10-8-23)36-33(39)37-25-11-12-30(27(34)19-25)42-29-13-14-35-28-21-32(31(40-3)20-26(28)29)41-18-6-17-38-15-4-5-16-38/h7-14,19-22H,4-6,15-18H2,1-3H3,(H2,36,37,39). The van der Waals surface area contributed by atoms with Gasteiger partial charge in [-0.1, -0.05) is 26.0 Å². The molecule has 0 aliphatic carbocycles. The molecule has 0 atom stereocenters. The Morgan fingerprint density at radius 1 is 0.929 bits per heavy atom. The highest BCUT2D eigenvalue weighted by molar-refractivity contribution is 5.99. The monoisotopic (exact) mass is 572 g/mol. The summed E-state index contributed by atoms with van der Waals surface area (Å²) in [5.74, 6) is 1.36. The zero-order valence-corrected chi connectivity index (χ0v) is 24.3. The average molecular weight is 573 g/mol. The molecule has 3 aromatic carbocycles. The maximum Gasteiger partial charge on any atom is 0.323 e.